The lowest BCUT2D eigenvalue weighted by Gasteiger charge is -2.29. The number of aliphatic carboxylic acids is 1. The summed E-state index contributed by atoms with van der Waals surface area (Å²) in [5.74, 6) is -2.49. The molecular formula is C26H25ClN2O6S. The predicted molar refractivity (Wildman–Crippen MR) is 135 cm³/mol. The van der Waals surface area contributed by atoms with Crippen LogP contribution in [0.25, 0.3) is 11.1 Å². The molecule has 188 valence electrons. The number of carboxylic acid groups (broad SMARTS) is 1. The van der Waals surface area contributed by atoms with Crippen LogP contribution in [-0.4, -0.2) is 60.0 Å². The molecule has 0 unspecified atom stereocenters. The van der Waals surface area contributed by atoms with Crippen LogP contribution in [0.1, 0.15) is 17.9 Å². The van der Waals surface area contributed by atoms with Gasteiger partial charge in [-0.15, -0.1) is 0 Å². The van der Waals surface area contributed by atoms with Gasteiger partial charge in [0.15, 0.2) is 0 Å². The molecule has 1 amide bonds. The van der Waals surface area contributed by atoms with E-state index in [0.29, 0.717) is 5.02 Å². The van der Waals surface area contributed by atoms with Crippen molar-refractivity contribution < 1.29 is 28.2 Å². The fraction of sp³-hybridized carbons (Fsp3) is 0.231. The Bertz CT molecular complexity index is 1350. The molecule has 2 atom stereocenters. The Balaban J connectivity index is 1.69. The van der Waals surface area contributed by atoms with Gasteiger partial charge in [0.1, 0.15) is 12.1 Å². The minimum Gasteiger partial charge on any atom is -0.480 e. The maximum Gasteiger partial charge on any atom is 0.325 e. The van der Waals surface area contributed by atoms with E-state index >= 15 is 0 Å². The number of nitrogens with one attached hydrogen (secondary N) is 1. The molecule has 0 radical (unpaired) electrons. The van der Waals surface area contributed by atoms with Crippen molar-refractivity contribution in [2.24, 2.45) is 0 Å². The summed E-state index contributed by atoms with van der Waals surface area (Å²) in [5.41, 5.74) is 0.644. The van der Waals surface area contributed by atoms with Gasteiger partial charge in [0.25, 0.3) is 0 Å². The highest BCUT2D eigenvalue weighted by atomic mass is 35.5. The Labute approximate surface area is 214 Å². The zero-order chi connectivity index (χ0) is 25.9. The molecule has 3 aromatic carbocycles. The minimum absolute atomic E-state index is 0.0620. The summed E-state index contributed by atoms with van der Waals surface area (Å²) in [7, 11) is -4.27. The maximum atomic E-state index is 13.8. The van der Waals surface area contributed by atoms with Crippen LogP contribution in [0.4, 0.5) is 0 Å². The topological polar surface area (TPSA) is 124 Å². The molecule has 0 spiro atoms. The second-order valence-corrected chi connectivity index (χ2v) is 10.8. The molecular weight excluding hydrogens is 504 g/mol. The van der Waals surface area contributed by atoms with E-state index in [0.717, 1.165) is 21.0 Å². The second kappa shape index (κ2) is 10.4. The number of amides is 1. The van der Waals surface area contributed by atoms with Crippen molar-refractivity contribution in [2.45, 2.75) is 22.8 Å². The fourth-order valence-corrected chi connectivity index (χ4v) is 6.33. The van der Waals surface area contributed by atoms with Crippen LogP contribution >= 0.6 is 11.6 Å². The predicted octanol–water partition coefficient (Wildman–Crippen LogP) is 3.12. The molecule has 8 nitrogen and oxygen atoms in total. The first kappa shape index (κ1) is 25.8. The molecule has 1 aliphatic rings. The molecule has 0 aliphatic heterocycles. The van der Waals surface area contributed by atoms with Crippen LogP contribution < -0.4 is 5.32 Å². The fourth-order valence-electron chi connectivity index (χ4n) is 4.43. The quantitative estimate of drug-likeness (QED) is 0.371. The number of carbonyl (C=O) groups excluding carboxylic acids is 1. The van der Waals surface area contributed by atoms with Gasteiger partial charge in [-0.05, 0) is 47.4 Å². The first-order chi connectivity index (χ1) is 17.2. The van der Waals surface area contributed by atoms with Crippen LogP contribution in [-0.2, 0) is 19.6 Å². The smallest absolute Gasteiger partial charge is 0.325 e. The Morgan fingerprint density at radius 1 is 0.972 bits per heavy atom. The van der Waals surface area contributed by atoms with Gasteiger partial charge in [-0.1, -0.05) is 66.2 Å². The highest BCUT2D eigenvalue weighted by Gasteiger charge is 2.67. The Morgan fingerprint density at radius 2 is 1.56 bits per heavy atom. The minimum atomic E-state index is -4.27. The molecule has 4 rings (SSSR count). The molecule has 0 saturated heterocycles. The largest absolute Gasteiger partial charge is 0.480 e. The number of hydrogen-bond acceptors (Lipinski definition) is 5. The summed E-state index contributed by atoms with van der Waals surface area (Å²) in [6, 6.07) is 22.2. The zero-order valence-corrected chi connectivity index (χ0v) is 20.7. The molecule has 1 aliphatic carbocycles. The van der Waals surface area contributed by atoms with Crippen LogP contribution in [0.3, 0.4) is 0 Å². The van der Waals surface area contributed by atoms with Gasteiger partial charge in [-0.3, -0.25) is 9.59 Å². The van der Waals surface area contributed by atoms with E-state index in [-0.39, 0.29) is 24.4 Å². The third kappa shape index (κ3) is 5.01. The molecule has 36 heavy (non-hydrogen) atoms. The van der Waals surface area contributed by atoms with E-state index in [1.54, 1.807) is 54.6 Å². The maximum absolute atomic E-state index is 13.8. The standard InChI is InChI=1S/C26H25ClN2O6S/c27-21-10-6-18(7-11-21)19-8-12-22(13-9-19)36(34,35)29(15-14-28-24(31)17-30)26(25(32)33)16-23(26)20-4-2-1-3-5-20/h1-13,23,30H,14-17H2,(H,28,31)(H,32,33)/t23-,26+/m0/s1. The normalized spacial score (nSPS) is 19.1. The Kier molecular flexibility index (Phi) is 7.46. The first-order valence-corrected chi connectivity index (χ1v) is 13.1. The van der Waals surface area contributed by atoms with Gasteiger partial charge in [0.2, 0.25) is 15.9 Å². The monoisotopic (exact) mass is 528 g/mol. The number of rotatable bonds is 10. The number of carbonyl (C=O) groups is 2. The van der Waals surface area contributed by atoms with Crippen molar-refractivity contribution >= 4 is 33.5 Å². The average Bonchev–Trinajstić information content (AvgIpc) is 3.64. The van der Waals surface area contributed by atoms with Crippen molar-refractivity contribution in [3.05, 3.63) is 89.4 Å². The molecule has 0 aromatic heterocycles. The summed E-state index contributed by atoms with van der Waals surface area (Å²) in [5, 5.41) is 22.2. The number of carboxylic acids is 1. The molecule has 0 bridgehead atoms. The van der Waals surface area contributed by atoms with Gasteiger partial charge in [0.05, 0.1) is 4.90 Å². The molecule has 3 aromatic rings. The van der Waals surface area contributed by atoms with Crippen LogP contribution in [0, 0.1) is 0 Å². The van der Waals surface area contributed by atoms with Gasteiger partial charge in [0, 0.05) is 24.0 Å². The van der Waals surface area contributed by atoms with Gasteiger partial charge in [-0.25, -0.2) is 8.42 Å². The number of halogens is 1. The Hall–Kier alpha value is -3.24. The SMILES string of the molecule is O=C(CO)NCCN([C@]1(C(=O)O)C[C@H]1c1ccccc1)S(=O)(=O)c1ccc(-c2ccc(Cl)cc2)cc1. The molecule has 1 saturated carbocycles. The first-order valence-electron chi connectivity index (χ1n) is 11.2. The number of hydrogen-bond donors (Lipinski definition) is 3. The van der Waals surface area contributed by atoms with E-state index in [2.05, 4.69) is 5.32 Å². The number of sulfonamides is 1. The number of aliphatic hydroxyl groups excluding tert-OH is 1. The van der Waals surface area contributed by atoms with Crippen molar-refractivity contribution in [1.82, 2.24) is 9.62 Å². The van der Waals surface area contributed by atoms with E-state index in [1.165, 1.54) is 12.1 Å². The average molecular weight is 529 g/mol. The van der Waals surface area contributed by atoms with Gasteiger partial charge < -0.3 is 15.5 Å². The molecule has 0 heterocycles. The van der Waals surface area contributed by atoms with Crippen molar-refractivity contribution in [3.63, 3.8) is 0 Å². The highest BCUT2D eigenvalue weighted by molar-refractivity contribution is 7.89. The summed E-state index contributed by atoms with van der Waals surface area (Å²) in [6.07, 6.45) is 0.0996. The zero-order valence-electron chi connectivity index (χ0n) is 19.2. The van der Waals surface area contributed by atoms with Crippen LogP contribution in [0.15, 0.2) is 83.8 Å². The van der Waals surface area contributed by atoms with Gasteiger partial charge >= 0.3 is 5.97 Å². The van der Waals surface area contributed by atoms with E-state index < -0.39 is 40.0 Å². The second-order valence-electron chi connectivity index (χ2n) is 8.51. The lowest BCUT2D eigenvalue weighted by Crippen LogP contribution is -2.51. The molecule has 1 fully saturated rings. The third-order valence-electron chi connectivity index (χ3n) is 6.35. The summed E-state index contributed by atoms with van der Waals surface area (Å²) in [6.45, 7) is -1.18. The summed E-state index contributed by atoms with van der Waals surface area (Å²) >= 11 is 5.95. The van der Waals surface area contributed by atoms with Crippen LogP contribution in [0.5, 0.6) is 0 Å². The number of nitrogens with zero attached hydrogens (tertiary/aromatic N) is 1. The van der Waals surface area contributed by atoms with Crippen molar-refractivity contribution in [2.75, 3.05) is 19.7 Å². The summed E-state index contributed by atoms with van der Waals surface area (Å²) in [4.78, 5) is 24.0. The van der Waals surface area contributed by atoms with Crippen molar-refractivity contribution in [1.29, 1.82) is 0 Å². The lowest BCUT2D eigenvalue weighted by molar-refractivity contribution is -0.143. The number of benzene rings is 3. The van der Waals surface area contributed by atoms with E-state index in [9.17, 15) is 23.1 Å². The van der Waals surface area contributed by atoms with Gasteiger partial charge in [-0.2, -0.15) is 4.31 Å². The molecule has 3 N–H and O–H groups in total. The number of aliphatic hydroxyl groups is 1. The molecule has 10 heteroatoms. The summed E-state index contributed by atoms with van der Waals surface area (Å²) < 4.78 is 28.6. The third-order valence-corrected chi connectivity index (χ3v) is 8.56. The van der Waals surface area contributed by atoms with E-state index in [1.807, 2.05) is 12.1 Å². The Morgan fingerprint density at radius 3 is 2.11 bits per heavy atom. The van der Waals surface area contributed by atoms with Crippen molar-refractivity contribution in [3.8, 4) is 11.1 Å². The highest BCUT2D eigenvalue weighted by Crippen LogP contribution is 2.57. The van der Waals surface area contributed by atoms with Crippen LogP contribution in [0.2, 0.25) is 5.02 Å². The lowest BCUT2D eigenvalue weighted by atomic mass is 10.1. The van der Waals surface area contributed by atoms with E-state index in [4.69, 9.17) is 16.7 Å².